The maximum atomic E-state index is 4.58. The molecule has 1 unspecified atom stereocenters. The van der Waals surface area contributed by atoms with Crippen LogP contribution in [0.3, 0.4) is 0 Å². The standard InChI is InChI=1S/C19H22N4.C2H6.C2H4/c1-3-4-5-6-17-8-7-14(11-21-17)18-9-15-13-23-19(20-2)10-16(15)12-22-18;2*1-2/h3,7-13,17,21H,1,4-6H2,2H3,(H,20,23);1-2H3;1-2H2. The number of fused-ring (bicyclic) bond motifs is 1. The van der Waals surface area contributed by atoms with Crippen LogP contribution in [0.5, 0.6) is 0 Å². The van der Waals surface area contributed by atoms with E-state index in [1.165, 1.54) is 0 Å². The van der Waals surface area contributed by atoms with Gasteiger partial charge in [0.2, 0.25) is 0 Å². The van der Waals surface area contributed by atoms with E-state index in [1.54, 1.807) is 0 Å². The van der Waals surface area contributed by atoms with Crippen LogP contribution in [0.25, 0.3) is 16.3 Å². The van der Waals surface area contributed by atoms with Crippen LogP contribution < -0.4 is 10.6 Å². The second kappa shape index (κ2) is 12.5. The molecule has 0 aromatic carbocycles. The van der Waals surface area contributed by atoms with E-state index in [0.717, 1.165) is 47.1 Å². The quantitative estimate of drug-likeness (QED) is 0.508. The summed E-state index contributed by atoms with van der Waals surface area (Å²) in [5, 5.41) is 8.67. The lowest BCUT2D eigenvalue weighted by atomic mass is 10.0. The van der Waals surface area contributed by atoms with Crippen LogP contribution in [-0.4, -0.2) is 23.1 Å². The molecule has 1 aliphatic rings. The lowest BCUT2D eigenvalue weighted by molar-refractivity contribution is 0.606. The molecule has 0 radical (unpaired) electrons. The Morgan fingerprint density at radius 1 is 1.15 bits per heavy atom. The van der Waals surface area contributed by atoms with Gasteiger partial charge in [-0.1, -0.05) is 32.1 Å². The molecule has 4 nitrogen and oxygen atoms in total. The van der Waals surface area contributed by atoms with Crippen molar-refractivity contribution in [2.75, 3.05) is 12.4 Å². The van der Waals surface area contributed by atoms with Crippen molar-refractivity contribution in [3.05, 3.63) is 74.4 Å². The van der Waals surface area contributed by atoms with Gasteiger partial charge < -0.3 is 10.6 Å². The normalized spacial score (nSPS) is 14.6. The third-order valence-electron chi connectivity index (χ3n) is 4.04. The lowest BCUT2D eigenvalue weighted by Gasteiger charge is -2.18. The van der Waals surface area contributed by atoms with Gasteiger partial charge in [0, 0.05) is 48.0 Å². The van der Waals surface area contributed by atoms with E-state index < -0.39 is 0 Å². The zero-order valence-corrected chi connectivity index (χ0v) is 16.8. The zero-order valence-electron chi connectivity index (χ0n) is 16.8. The minimum absolute atomic E-state index is 0.402. The summed E-state index contributed by atoms with van der Waals surface area (Å²) >= 11 is 0. The van der Waals surface area contributed by atoms with E-state index in [2.05, 4.69) is 64.8 Å². The van der Waals surface area contributed by atoms with Gasteiger partial charge in [-0.3, -0.25) is 4.98 Å². The van der Waals surface area contributed by atoms with Gasteiger partial charge in [0.25, 0.3) is 0 Å². The number of aromatic nitrogens is 2. The molecule has 3 rings (SSSR count). The van der Waals surface area contributed by atoms with E-state index in [-0.39, 0.29) is 0 Å². The van der Waals surface area contributed by atoms with Gasteiger partial charge in [0.1, 0.15) is 5.82 Å². The molecular formula is C23H32N4. The average molecular weight is 365 g/mol. The molecule has 3 heterocycles. The third kappa shape index (κ3) is 6.41. The molecule has 0 fully saturated rings. The fraction of sp³-hybridized carbons (Fsp3) is 0.304. The number of nitrogens with zero attached hydrogens (tertiary/aromatic N) is 2. The Hall–Kier alpha value is -2.88. The van der Waals surface area contributed by atoms with E-state index in [4.69, 9.17) is 0 Å². The molecule has 144 valence electrons. The summed E-state index contributed by atoms with van der Waals surface area (Å²) in [7, 11) is 1.87. The summed E-state index contributed by atoms with van der Waals surface area (Å²) in [5.74, 6) is 0.855. The monoisotopic (exact) mass is 364 g/mol. The number of pyridine rings is 2. The van der Waals surface area contributed by atoms with Crippen LogP contribution in [0, 0.1) is 0 Å². The van der Waals surface area contributed by atoms with Crippen LogP contribution in [0.2, 0.25) is 0 Å². The van der Waals surface area contributed by atoms with Crippen LogP contribution >= 0.6 is 0 Å². The summed E-state index contributed by atoms with van der Waals surface area (Å²) < 4.78 is 0. The van der Waals surface area contributed by atoms with Crippen molar-refractivity contribution < 1.29 is 0 Å². The van der Waals surface area contributed by atoms with Crippen molar-refractivity contribution in [2.24, 2.45) is 0 Å². The van der Waals surface area contributed by atoms with Crippen LogP contribution in [0.15, 0.2) is 68.7 Å². The number of hydrogen-bond donors (Lipinski definition) is 2. The van der Waals surface area contributed by atoms with Crippen LogP contribution in [0.4, 0.5) is 5.82 Å². The van der Waals surface area contributed by atoms with E-state index >= 15 is 0 Å². The molecule has 0 saturated carbocycles. The van der Waals surface area contributed by atoms with Gasteiger partial charge in [-0.05, 0) is 31.4 Å². The first-order chi connectivity index (χ1) is 13.3. The summed E-state index contributed by atoms with van der Waals surface area (Å²) in [4.78, 5) is 8.94. The van der Waals surface area contributed by atoms with E-state index in [0.29, 0.717) is 6.04 Å². The fourth-order valence-electron chi connectivity index (χ4n) is 2.67. The number of unbranched alkanes of at least 4 members (excludes halogenated alkanes) is 1. The average Bonchev–Trinajstić information content (AvgIpc) is 2.76. The molecule has 0 aliphatic carbocycles. The maximum Gasteiger partial charge on any atom is 0.126 e. The molecular weight excluding hydrogens is 332 g/mol. The molecule has 1 aliphatic heterocycles. The topological polar surface area (TPSA) is 49.8 Å². The Balaban J connectivity index is 0.000000855. The first kappa shape index (κ1) is 22.2. The van der Waals surface area contributed by atoms with Gasteiger partial charge in [0.05, 0.1) is 5.69 Å². The van der Waals surface area contributed by atoms with E-state index in [1.807, 2.05) is 45.4 Å². The second-order valence-corrected chi connectivity index (χ2v) is 5.69. The van der Waals surface area contributed by atoms with Crippen molar-refractivity contribution >= 4 is 22.2 Å². The summed E-state index contributed by atoms with van der Waals surface area (Å²) in [6.07, 6.45) is 15.5. The highest BCUT2D eigenvalue weighted by molar-refractivity contribution is 5.87. The van der Waals surface area contributed by atoms with Crippen LogP contribution in [0.1, 0.15) is 38.8 Å². The molecule has 0 spiro atoms. The first-order valence-electron chi connectivity index (χ1n) is 9.49. The van der Waals surface area contributed by atoms with Gasteiger partial charge in [-0.2, -0.15) is 0 Å². The Morgan fingerprint density at radius 2 is 1.85 bits per heavy atom. The number of rotatable bonds is 6. The van der Waals surface area contributed by atoms with Gasteiger partial charge in [0.15, 0.2) is 0 Å². The Labute approximate surface area is 163 Å². The molecule has 2 aromatic heterocycles. The summed E-state index contributed by atoms with van der Waals surface area (Å²) in [6, 6.07) is 4.49. The maximum absolute atomic E-state index is 4.58. The number of nitrogens with one attached hydrogen (secondary N) is 2. The van der Waals surface area contributed by atoms with Crippen molar-refractivity contribution in [1.82, 2.24) is 15.3 Å². The Kier molecular flexibility index (Phi) is 10.2. The predicted octanol–water partition coefficient (Wildman–Crippen LogP) is 5.73. The smallest absolute Gasteiger partial charge is 0.126 e. The molecule has 2 aromatic rings. The first-order valence-corrected chi connectivity index (χ1v) is 9.49. The second-order valence-electron chi connectivity index (χ2n) is 5.69. The van der Waals surface area contributed by atoms with Crippen molar-refractivity contribution in [1.29, 1.82) is 0 Å². The molecule has 0 saturated heterocycles. The highest BCUT2D eigenvalue weighted by Gasteiger charge is 2.10. The number of anilines is 1. The minimum Gasteiger partial charge on any atom is -0.384 e. The number of allylic oxidation sites excluding steroid dienone is 3. The molecule has 1 atom stereocenters. The summed E-state index contributed by atoms with van der Waals surface area (Å²) in [5.41, 5.74) is 2.06. The van der Waals surface area contributed by atoms with Crippen molar-refractivity contribution in [2.45, 2.75) is 39.2 Å². The van der Waals surface area contributed by atoms with Gasteiger partial charge >= 0.3 is 0 Å². The molecule has 0 amide bonds. The Bertz CT molecular complexity index is 777. The van der Waals surface area contributed by atoms with Gasteiger partial charge in [-0.15, -0.1) is 19.7 Å². The SMILES string of the molecule is C=C.C=CCCCC1C=CC(c2cc3cnc(NC)cc3cn2)=CN1.CC. The number of hydrogen-bond acceptors (Lipinski definition) is 4. The van der Waals surface area contributed by atoms with E-state index in [9.17, 15) is 0 Å². The highest BCUT2D eigenvalue weighted by atomic mass is 14.9. The van der Waals surface area contributed by atoms with Crippen LogP contribution in [-0.2, 0) is 0 Å². The zero-order chi connectivity index (χ0) is 20.1. The predicted molar refractivity (Wildman–Crippen MR) is 120 cm³/mol. The molecule has 2 N–H and O–H groups in total. The highest BCUT2D eigenvalue weighted by Crippen LogP contribution is 2.22. The molecule has 0 bridgehead atoms. The number of dihydropyridines is 1. The fourth-order valence-corrected chi connectivity index (χ4v) is 2.67. The summed E-state index contributed by atoms with van der Waals surface area (Å²) in [6.45, 7) is 13.8. The largest absolute Gasteiger partial charge is 0.384 e. The molecule has 27 heavy (non-hydrogen) atoms. The Morgan fingerprint density at radius 3 is 2.48 bits per heavy atom. The lowest BCUT2D eigenvalue weighted by Crippen LogP contribution is -2.24. The molecule has 4 heteroatoms. The van der Waals surface area contributed by atoms with Crippen molar-refractivity contribution in [3.8, 4) is 0 Å². The van der Waals surface area contributed by atoms with Gasteiger partial charge in [-0.25, -0.2) is 4.98 Å². The third-order valence-corrected chi connectivity index (χ3v) is 4.04. The van der Waals surface area contributed by atoms with Crippen molar-refractivity contribution in [3.63, 3.8) is 0 Å². The minimum atomic E-state index is 0.402.